The van der Waals surface area contributed by atoms with Gasteiger partial charge in [0.1, 0.15) is 5.76 Å². The maximum absolute atomic E-state index is 5.43. The number of aryl methyl sites for hydroxylation is 1. The number of nitrogens with one attached hydrogen (secondary N) is 1. The quantitative estimate of drug-likeness (QED) is 0.722. The summed E-state index contributed by atoms with van der Waals surface area (Å²) in [6, 6.07) is 2.57. The van der Waals surface area contributed by atoms with E-state index in [1.54, 1.807) is 6.26 Å². The van der Waals surface area contributed by atoms with Gasteiger partial charge in [0, 0.05) is 11.6 Å². The molecule has 0 aliphatic rings. The zero-order chi connectivity index (χ0) is 12.7. The molecule has 98 valence electrons. The SMILES string of the molecule is CCCNC(CC(CC)CC)c1ccoc1C. The standard InChI is InChI=1S/C15H27NO/c1-5-9-16-15(11-13(6-2)7-3)14-8-10-17-12(14)4/h8,10,13,15-16H,5-7,9,11H2,1-4H3. The van der Waals surface area contributed by atoms with Gasteiger partial charge in [0.25, 0.3) is 0 Å². The lowest BCUT2D eigenvalue weighted by Gasteiger charge is -2.23. The van der Waals surface area contributed by atoms with Crippen LogP contribution in [0.15, 0.2) is 16.7 Å². The fraction of sp³-hybridized carbons (Fsp3) is 0.733. The first-order valence-corrected chi connectivity index (χ1v) is 7.00. The van der Waals surface area contributed by atoms with Crippen LogP contribution < -0.4 is 5.32 Å². The highest BCUT2D eigenvalue weighted by molar-refractivity contribution is 5.20. The minimum Gasteiger partial charge on any atom is -0.469 e. The molecule has 1 heterocycles. The number of furan rings is 1. The van der Waals surface area contributed by atoms with E-state index in [0.717, 1.165) is 18.2 Å². The van der Waals surface area contributed by atoms with Crippen LogP contribution in [0.25, 0.3) is 0 Å². The van der Waals surface area contributed by atoms with E-state index >= 15 is 0 Å². The van der Waals surface area contributed by atoms with E-state index in [1.807, 2.05) is 0 Å². The lowest BCUT2D eigenvalue weighted by Crippen LogP contribution is -2.24. The van der Waals surface area contributed by atoms with Crippen LogP contribution in [-0.4, -0.2) is 6.54 Å². The highest BCUT2D eigenvalue weighted by Crippen LogP contribution is 2.27. The van der Waals surface area contributed by atoms with Crippen LogP contribution in [0, 0.1) is 12.8 Å². The van der Waals surface area contributed by atoms with Crippen molar-refractivity contribution in [2.45, 2.75) is 59.4 Å². The van der Waals surface area contributed by atoms with Gasteiger partial charge in [-0.1, -0.05) is 33.6 Å². The molecule has 1 unspecified atom stereocenters. The molecule has 0 fully saturated rings. The Morgan fingerprint density at radius 1 is 1.24 bits per heavy atom. The van der Waals surface area contributed by atoms with Crippen molar-refractivity contribution >= 4 is 0 Å². The van der Waals surface area contributed by atoms with E-state index in [0.29, 0.717) is 6.04 Å². The Kier molecular flexibility index (Phi) is 6.35. The van der Waals surface area contributed by atoms with Crippen molar-refractivity contribution in [3.8, 4) is 0 Å². The normalized spacial score (nSPS) is 13.2. The fourth-order valence-corrected chi connectivity index (χ4v) is 2.35. The molecule has 1 rings (SSSR count). The second-order valence-electron chi connectivity index (χ2n) is 4.86. The van der Waals surface area contributed by atoms with Gasteiger partial charge in [-0.05, 0) is 38.3 Å². The third kappa shape index (κ3) is 4.19. The summed E-state index contributed by atoms with van der Waals surface area (Å²) in [4.78, 5) is 0. The summed E-state index contributed by atoms with van der Waals surface area (Å²) in [7, 11) is 0. The Balaban J connectivity index is 2.70. The van der Waals surface area contributed by atoms with Gasteiger partial charge in [-0.15, -0.1) is 0 Å². The molecule has 0 amide bonds. The first-order valence-electron chi connectivity index (χ1n) is 7.00. The minimum atomic E-state index is 0.457. The van der Waals surface area contributed by atoms with E-state index in [-0.39, 0.29) is 0 Å². The fourth-order valence-electron chi connectivity index (χ4n) is 2.35. The van der Waals surface area contributed by atoms with E-state index < -0.39 is 0 Å². The molecule has 2 nitrogen and oxygen atoms in total. The van der Waals surface area contributed by atoms with Crippen molar-refractivity contribution in [2.24, 2.45) is 5.92 Å². The molecule has 0 aliphatic heterocycles. The smallest absolute Gasteiger partial charge is 0.105 e. The van der Waals surface area contributed by atoms with Crippen molar-refractivity contribution in [3.63, 3.8) is 0 Å². The van der Waals surface area contributed by atoms with Crippen LogP contribution in [0.2, 0.25) is 0 Å². The Morgan fingerprint density at radius 2 is 1.94 bits per heavy atom. The van der Waals surface area contributed by atoms with E-state index in [1.165, 1.54) is 31.2 Å². The average Bonchev–Trinajstić information content (AvgIpc) is 2.76. The molecule has 0 spiro atoms. The highest BCUT2D eigenvalue weighted by Gasteiger charge is 2.18. The maximum atomic E-state index is 5.43. The third-order valence-electron chi connectivity index (χ3n) is 3.64. The largest absolute Gasteiger partial charge is 0.469 e. The Morgan fingerprint density at radius 3 is 2.41 bits per heavy atom. The monoisotopic (exact) mass is 237 g/mol. The van der Waals surface area contributed by atoms with Crippen LogP contribution >= 0.6 is 0 Å². The van der Waals surface area contributed by atoms with Crippen molar-refractivity contribution in [1.82, 2.24) is 5.32 Å². The molecule has 0 radical (unpaired) electrons. The van der Waals surface area contributed by atoms with Gasteiger partial charge in [0.15, 0.2) is 0 Å². The second-order valence-corrected chi connectivity index (χ2v) is 4.86. The summed E-state index contributed by atoms with van der Waals surface area (Å²) in [5.41, 5.74) is 1.34. The van der Waals surface area contributed by atoms with Gasteiger partial charge in [0.05, 0.1) is 6.26 Å². The van der Waals surface area contributed by atoms with Gasteiger partial charge in [-0.2, -0.15) is 0 Å². The number of hydrogen-bond acceptors (Lipinski definition) is 2. The molecule has 2 heteroatoms. The molecule has 0 saturated heterocycles. The summed E-state index contributed by atoms with van der Waals surface area (Å²) in [5, 5.41) is 3.65. The summed E-state index contributed by atoms with van der Waals surface area (Å²) in [6.07, 6.45) is 6.72. The highest BCUT2D eigenvalue weighted by atomic mass is 16.3. The lowest BCUT2D eigenvalue weighted by molar-refractivity contribution is 0.367. The summed E-state index contributed by atoms with van der Waals surface area (Å²) in [6.45, 7) is 9.92. The first kappa shape index (κ1) is 14.3. The zero-order valence-electron chi connectivity index (χ0n) is 11.8. The summed E-state index contributed by atoms with van der Waals surface area (Å²) >= 11 is 0. The van der Waals surface area contributed by atoms with Crippen molar-refractivity contribution in [1.29, 1.82) is 0 Å². The van der Waals surface area contributed by atoms with Gasteiger partial charge in [0.2, 0.25) is 0 Å². The first-order chi connectivity index (χ1) is 8.22. The molecule has 0 bridgehead atoms. The number of hydrogen-bond donors (Lipinski definition) is 1. The molecule has 17 heavy (non-hydrogen) atoms. The molecule has 1 aromatic heterocycles. The maximum Gasteiger partial charge on any atom is 0.105 e. The second kappa shape index (κ2) is 7.54. The van der Waals surface area contributed by atoms with Crippen LogP contribution in [0.1, 0.15) is 63.8 Å². The summed E-state index contributed by atoms with van der Waals surface area (Å²) < 4.78 is 5.43. The van der Waals surface area contributed by atoms with Gasteiger partial charge < -0.3 is 9.73 Å². The Labute approximate surface area is 106 Å². The van der Waals surface area contributed by atoms with Crippen molar-refractivity contribution < 1.29 is 4.42 Å². The third-order valence-corrected chi connectivity index (χ3v) is 3.64. The molecule has 0 saturated carbocycles. The number of rotatable bonds is 8. The summed E-state index contributed by atoms with van der Waals surface area (Å²) in [5.74, 6) is 1.86. The Bertz CT molecular complexity index is 302. The van der Waals surface area contributed by atoms with Gasteiger partial charge in [-0.25, -0.2) is 0 Å². The van der Waals surface area contributed by atoms with E-state index in [2.05, 4.69) is 39.1 Å². The zero-order valence-corrected chi connectivity index (χ0v) is 11.8. The van der Waals surface area contributed by atoms with Crippen molar-refractivity contribution in [3.05, 3.63) is 23.7 Å². The average molecular weight is 237 g/mol. The van der Waals surface area contributed by atoms with Gasteiger partial charge >= 0.3 is 0 Å². The minimum absolute atomic E-state index is 0.457. The predicted molar refractivity (Wildman–Crippen MR) is 73.2 cm³/mol. The Hall–Kier alpha value is -0.760. The molecule has 0 aromatic carbocycles. The lowest BCUT2D eigenvalue weighted by atomic mass is 9.91. The van der Waals surface area contributed by atoms with Crippen LogP contribution in [-0.2, 0) is 0 Å². The molecule has 0 aliphatic carbocycles. The van der Waals surface area contributed by atoms with Crippen LogP contribution in [0.3, 0.4) is 0 Å². The van der Waals surface area contributed by atoms with Crippen molar-refractivity contribution in [2.75, 3.05) is 6.54 Å². The molecule has 1 atom stereocenters. The van der Waals surface area contributed by atoms with Crippen LogP contribution in [0.5, 0.6) is 0 Å². The van der Waals surface area contributed by atoms with E-state index in [4.69, 9.17) is 4.42 Å². The molecule has 1 N–H and O–H groups in total. The molecule has 1 aromatic rings. The molecular formula is C15H27NO. The van der Waals surface area contributed by atoms with E-state index in [9.17, 15) is 0 Å². The topological polar surface area (TPSA) is 25.2 Å². The van der Waals surface area contributed by atoms with Gasteiger partial charge in [-0.3, -0.25) is 0 Å². The predicted octanol–water partition coefficient (Wildman–Crippen LogP) is 4.46. The molecular weight excluding hydrogens is 210 g/mol. The van der Waals surface area contributed by atoms with Crippen LogP contribution in [0.4, 0.5) is 0 Å².